The van der Waals surface area contributed by atoms with Crippen LogP contribution in [-0.2, 0) is 16.6 Å². The SMILES string of the molecule is C\C(=C/C(F)=C\N=C\CCCOC=O)C(C)Nc1ccc2ncn(C)c2n1. The number of nitrogens with zero attached hydrogens (tertiary/aromatic N) is 4. The molecule has 1 N–H and O–H groups in total. The number of halogens is 1. The summed E-state index contributed by atoms with van der Waals surface area (Å²) in [5, 5.41) is 3.26. The molecule has 0 fully saturated rings. The van der Waals surface area contributed by atoms with E-state index in [0.29, 0.717) is 31.7 Å². The number of imidazole rings is 1. The van der Waals surface area contributed by atoms with Gasteiger partial charge in [-0.3, -0.25) is 9.79 Å². The summed E-state index contributed by atoms with van der Waals surface area (Å²) in [6, 6.07) is 3.64. The van der Waals surface area contributed by atoms with Crippen molar-refractivity contribution in [2.24, 2.45) is 12.0 Å². The Morgan fingerprint density at radius 1 is 1.48 bits per heavy atom. The van der Waals surface area contributed by atoms with Gasteiger partial charge in [-0.15, -0.1) is 0 Å². The zero-order valence-electron chi connectivity index (χ0n) is 15.7. The number of nitrogens with one attached hydrogen (secondary N) is 1. The Morgan fingerprint density at radius 2 is 2.30 bits per heavy atom. The number of rotatable bonds is 10. The predicted octanol–water partition coefficient (Wildman–Crippen LogP) is 3.55. The van der Waals surface area contributed by atoms with Gasteiger partial charge < -0.3 is 14.6 Å². The fraction of sp³-hybridized carbons (Fsp3) is 0.368. The number of pyridine rings is 1. The molecule has 2 heterocycles. The number of hydrogen-bond acceptors (Lipinski definition) is 6. The highest BCUT2D eigenvalue weighted by Gasteiger charge is 2.08. The molecule has 27 heavy (non-hydrogen) atoms. The molecule has 8 heteroatoms. The van der Waals surface area contributed by atoms with Crippen LogP contribution >= 0.6 is 0 Å². The number of aromatic nitrogens is 3. The average Bonchev–Trinajstić information content (AvgIpc) is 3.01. The largest absolute Gasteiger partial charge is 0.468 e. The molecule has 0 spiro atoms. The molecule has 1 atom stereocenters. The number of ether oxygens (including phenoxy) is 1. The Hall–Kier alpha value is -3.03. The zero-order valence-corrected chi connectivity index (χ0v) is 15.7. The summed E-state index contributed by atoms with van der Waals surface area (Å²) in [5.74, 6) is 0.267. The van der Waals surface area contributed by atoms with Crippen LogP contribution in [0.3, 0.4) is 0 Å². The number of aliphatic imine (C=N–C) groups is 1. The molecular formula is C19H24FN5O2. The summed E-state index contributed by atoms with van der Waals surface area (Å²) in [6.45, 7) is 4.52. The monoisotopic (exact) mass is 373 g/mol. The van der Waals surface area contributed by atoms with E-state index in [4.69, 9.17) is 0 Å². The summed E-state index contributed by atoms with van der Waals surface area (Å²) in [4.78, 5) is 22.7. The predicted molar refractivity (Wildman–Crippen MR) is 104 cm³/mol. The Balaban J connectivity index is 1.90. The third-order valence-electron chi connectivity index (χ3n) is 3.94. The number of carbonyl (C=O) groups excluding carboxylic acids is 1. The molecule has 2 rings (SSSR count). The fourth-order valence-electron chi connectivity index (χ4n) is 2.31. The lowest BCUT2D eigenvalue weighted by Crippen LogP contribution is -2.17. The van der Waals surface area contributed by atoms with Gasteiger partial charge >= 0.3 is 0 Å². The number of fused-ring (bicyclic) bond motifs is 1. The van der Waals surface area contributed by atoms with E-state index in [1.165, 1.54) is 6.08 Å². The molecule has 0 saturated carbocycles. The van der Waals surface area contributed by atoms with Crippen LogP contribution in [0.15, 0.2) is 47.1 Å². The molecule has 7 nitrogen and oxygen atoms in total. The van der Waals surface area contributed by atoms with Crippen molar-refractivity contribution in [3.63, 3.8) is 0 Å². The van der Waals surface area contributed by atoms with Gasteiger partial charge in [-0.05, 0) is 50.5 Å². The van der Waals surface area contributed by atoms with Crippen molar-refractivity contribution in [2.45, 2.75) is 32.7 Å². The Labute approximate surface area is 157 Å². The van der Waals surface area contributed by atoms with Crippen LogP contribution in [0.4, 0.5) is 10.2 Å². The Kier molecular flexibility index (Phi) is 7.66. The van der Waals surface area contributed by atoms with Gasteiger partial charge in [0.2, 0.25) is 0 Å². The Morgan fingerprint density at radius 3 is 3.07 bits per heavy atom. The van der Waals surface area contributed by atoms with Crippen molar-refractivity contribution in [3.8, 4) is 0 Å². The van der Waals surface area contributed by atoms with Crippen LogP contribution in [0.1, 0.15) is 26.7 Å². The van der Waals surface area contributed by atoms with Gasteiger partial charge in [0.1, 0.15) is 17.2 Å². The van der Waals surface area contributed by atoms with E-state index in [1.54, 1.807) is 12.5 Å². The third kappa shape index (κ3) is 6.32. The van der Waals surface area contributed by atoms with Gasteiger partial charge in [0, 0.05) is 19.3 Å². The molecule has 2 aromatic rings. The van der Waals surface area contributed by atoms with E-state index in [2.05, 4.69) is 25.0 Å². The quantitative estimate of drug-likeness (QED) is 0.298. The highest BCUT2D eigenvalue weighted by Crippen LogP contribution is 2.16. The second kappa shape index (κ2) is 10.2. The highest BCUT2D eigenvalue weighted by molar-refractivity contribution is 5.73. The van der Waals surface area contributed by atoms with E-state index in [0.717, 1.165) is 22.9 Å². The number of hydrogen-bond donors (Lipinski definition) is 1. The van der Waals surface area contributed by atoms with Gasteiger partial charge in [0.15, 0.2) is 5.65 Å². The summed E-state index contributed by atoms with van der Waals surface area (Å²) < 4.78 is 20.3. The lowest BCUT2D eigenvalue weighted by atomic mass is 10.1. The number of unbranched alkanes of at least 4 members (excludes halogenated alkanes) is 1. The van der Waals surface area contributed by atoms with E-state index in [9.17, 15) is 9.18 Å². The maximum absolute atomic E-state index is 13.9. The topological polar surface area (TPSA) is 81.4 Å². The maximum Gasteiger partial charge on any atom is 0.293 e. The summed E-state index contributed by atoms with van der Waals surface area (Å²) in [6.07, 6.45) is 7.17. The normalized spacial score (nSPS) is 13.9. The lowest BCUT2D eigenvalue weighted by molar-refractivity contribution is -0.128. The number of carbonyl (C=O) groups is 1. The summed E-state index contributed by atoms with van der Waals surface area (Å²) in [5.41, 5.74) is 2.42. The van der Waals surface area contributed by atoms with Crippen molar-refractivity contribution < 1.29 is 13.9 Å². The molecule has 144 valence electrons. The number of anilines is 1. The fourth-order valence-corrected chi connectivity index (χ4v) is 2.31. The first-order chi connectivity index (χ1) is 13.0. The second-order valence-corrected chi connectivity index (χ2v) is 6.10. The standard InChI is InChI=1S/C19H24FN5O2/c1-14(10-16(20)11-21-8-4-5-9-27-13-26)15(2)23-18-7-6-17-19(24-18)25(3)12-22-17/h6-8,10-13,15H,4-5,9H2,1-3H3,(H,23,24)/b14-10+,16-11+,21-8+. The van der Waals surface area contributed by atoms with Crippen LogP contribution in [0, 0.1) is 0 Å². The molecule has 0 aromatic carbocycles. The molecule has 0 saturated heterocycles. The van der Waals surface area contributed by atoms with Crippen molar-refractivity contribution >= 4 is 29.7 Å². The molecule has 2 aromatic heterocycles. The van der Waals surface area contributed by atoms with Gasteiger partial charge in [-0.25, -0.2) is 14.4 Å². The number of allylic oxidation sites excluding steroid dienone is 2. The van der Waals surface area contributed by atoms with Gasteiger partial charge in [0.25, 0.3) is 6.47 Å². The second-order valence-electron chi connectivity index (χ2n) is 6.10. The smallest absolute Gasteiger partial charge is 0.293 e. The minimum Gasteiger partial charge on any atom is -0.468 e. The van der Waals surface area contributed by atoms with E-state index in [1.807, 2.05) is 37.6 Å². The van der Waals surface area contributed by atoms with Gasteiger partial charge in [-0.1, -0.05) is 0 Å². The third-order valence-corrected chi connectivity index (χ3v) is 3.94. The minimum atomic E-state index is -0.434. The van der Waals surface area contributed by atoms with Gasteiger partial charge in [-0.2, -0.15) is 0 Å². The summed E-state index contributed by atoms with van der Waals surface area (Å²) >= 11 is 0. The van der Waals surface area contributed by atoms with Crippen molar-refractivity contribution in [1.82, 2.24) is 14.5 Å². The molecule has 0 radical (unpaired) electrons. The van der Waals surface area contributed by atoms with E-state index >= 15 is 0 Å². The van der Waals surface area contributed by atoms with Crippen LogP contribution in [0.5, 0.6) is 0 Å². The molecule has 0 bridgehead atoms. The highest BCUT2D eigenvalue weighted by atomic mass is 19.1. The first kappa shape index (κ1) is 20.3. The maximum atomic E-state index is 13.9. The van der Waals surface area contributed by atoms with E-state index < -0.39 is 5.83 Å². The van der Waals surface area contributed by atoms with Crippen molar-refractivity contribution in [2.75, 3.05) is 11.9 Å². The Bertz CT molecular complexity index is 857. The molecule has 0 amide bonds. The molecular weight excluding hydrogens is 349 g/mol. The molecule has 0 aliphatic carbocycles. The van der Waals surface area contributed by atoms with Gasteiger partial charge in [0.05, 0.1) is 19.1 Å². The lowest BCUT2D eigenvalue weighted by Gasteiger charge is -2.15. The minimum absolute atomic E-state index is 0.105. The van der Waals surface area contributed by atoms with E-state index in [-0.39, 0.29) is 6.04 Å². The van der Waals surface area contributed by atoms with Crippen molar-refractivity contribution in [1.29, 1.82) is 0 Å². The van der Waals surface area contributed by atoms with Crippen LogP contribution in [-0.4, -0.2) is 39.9 Å². The summed E-state index contributed by atoms with van der Waals surface area (Å²) in [7, 11) is 1.89. The first-order valence-corrected chi connectivity index (χ1v) is 8.66. The average molecular weight is 373 g/mol. The zero-order chi connectivity index (χ0) is 19.6. The molecule has 0 aliphatic rings. The molecule has 0 aliphatic heterocycles. The first-order valence-electron chi connectivity index (χ1n) is 8.66. The van der Waals surface area contributed by atoms with Crippen LogP contribution in [0.25, 0.3) is 11.2 Å². The number of aryl methyl sites for hydroxylation is 1. The van der Waals surface area contributed by atoms with Crippen molar-refractivity contribution in [3.05, 3.63) is 42.1 Å². The van der Waals surface area contributed by atoms with Crippen LogP contribution < -0.4 is 5.32 Å². The van der Waals surface area contributed by atoms with Crippen LogP contribution in [0.2, 0.25) is 0 Å². The molecule has 1 unspecified atom stereocenters.